The molecule has 0 radical (unpaired) electrons. The van der Waals surface area contributed by atoms with Crippen molar-refractivity contribution in [2.45, 2.75) is 32.9 Å². The molecule has 1 rings (SSSR count). The third kappa shape index (κ3) is 6.42. The zero-order chi connectivity index (χ0) is 15.2. The molecule has 7 heteroatoms. The van der Waals surface area contributed by atoms with Crippen LogP contribution in [0, 0.1) is 0 Å². The molecule has 0 saturated carbocycles. The summed E-state index contributed by atoms with van der Waals surface area (Å²) < 4.78 is 22.3. The van der Waals surface area contributed by atoms with Crippen molar-refractivity contribution in [2.24, 2.45) is 0 Å². The average Bonchev–Trinajstić information content (AvgIpc) is 2.36. The molecule has 0 aromatic heterocycles. The summed E-state index contributed by atoms with van der Waals surface area (Å²) in [6.07, 6.45) is -0.326. The summed E-state index contributed by atoms with van der Waals surface area (Å²) in [7, 11) is 0. The first kappa shape index (κ1) is 17.0. The lowest BCUT2D eigenvalue weighted by Gasteiger charge is -2.18. The van der Waals surface area contributed by atoms with Crippen molar-refractivity contribution in [1.82, 2.24) is 5.32 Å². The van der Waals surface area contributed by atoms with Crippen LogP contribution in [0.1, 0.15) is 20.8 Å². The first-order valence-corrected chi connectivity index (χ1v) is 8.99. The number of esters is 1. The van der Waals surface area contributed by atoms with Gasteiger partial charge in [0.25, 0.3) is 0 Å². The normalized spacial score (nSPS) is 15.4. The average molecular weight is 320 g/mol. The van der Waals surface area contributed by atoms with E-state index in [4.69, 9.17) is 20.5 Å². The highest BCUT2D eigenvalue weighted by Crippen LogP contribution is 2.51. The van der Waals surface area contributed by atoms with E-state index in [0.717, 1.165) is 0 Å². The first-order valence-electron chi connectivity index (χ1n) is 6.27. The number of rotatable bonds is 7. The predicted octanol–water partition coefficient (Wildman–Crippen LogP) is 3.38. The van der Waals surface area contributed by atoms with Gasteiger partial charge < -0.3 is 9.26 Å². The number of benzene rings is 1. The summed E-state index contributed by atoms with van der Waals surface area (Å²) in [6, 6.07) is 8.03. The molecule has 0 saturated heterocycles. The van der Waals surface area contributed by atoms with Gasteiger partial charge in [-0.05, 0) is 44.1 Å². The molecule has 0 heterocycles. The van der Waals surface area contributed by atoms with Gasteiger partial charge >= 0.3 is 12.7 Å². The quantitative estimate of drug-likeness (QED) is 0.616. The molecule has 1 aromatic carbocycles. The summed E-state index contributed by atoms with van der Waals surface area (Å²) in [5.41, 5.74) is 0. The second-order valence-electron chi connectivity index (χ2n) is 4.56. The molecule has 2 atom stereocenters. The molecule has 1 N–H and O–H groups in total. The maximum absolute atomic E-state index is 12.1. The van der Waals surface area contributed by atoms with Crippen LogP contribution < -0.4 is 9.84 Å². The van der Waals surface area contributed by atoms with Crippen LogP contribution in [-0.4, -0.2) is 24.4 Å². The summed E-state index contributed by atoms with van der Waals surface area (Å²) in [4.78, 5) is 11.6. The lowest BCUT2D eigenvalue weighted by molar-refractivity contribution is -0.149. The molecule has 0 bridgehead atoms. The van der Waals surface area contributed by atoms with Crippen LogP contribution in [-0.2, 0) is 14.1 Å². The van der Waals surface area contributed by atoms with Gasteiger partial charge in [-0.3, -0.25) is 14.7 Å². The molecular formula is C13H19ClNO4P. The molecule has 0 aliphatic heterocycles. The number of para-hydroxylation sites is 1. The van der Waals surface area contributed by atoms with E-state index >= 15 is 0 Å². The topological polar surface area (TPSA) is 64.6 Å². The lowest BCUT2D eigenvalue weighted by atomic mass is 10.3. The highest BCUT2D eigenvalue weighted by molar-refractivity contribution is 7.85. The fourth-order valence-electron chi connectivity index (χ4n) is 1.33. The van der Waals surface area contributed by atoms with Crippen molar-refractivity contribution < 1.29 is 18.6 Å². The molecule has 0 amide bonds. The van der Waals surface area contributed by atoms with E-state index < -0.39 is 18.7 Å². The van der Waals surface area contributed by atoms with Crippen LogP contribution in [0.3, 0.4) is 0 Å². The Balaban J connectivity index is 2.47. The van der Waals surface area contributed by atoms with E-state index in [-0.39, 0.29) is 12.4 Å². The number of ether oxygens (including phenoxy) is 1. The summed E-state index contributed by atoms with van der Waals surface area (Å²) in [6.45, 7) is 1.75. The van der Waals surface area contributed by atoms with Crippen molar-refractivity contribution in [2.75, 3.05) is 6.29 Å². The zero-order valence-electron chi connectivity index (χ0n) is 11.7. The van der Waals surface area contributed by atoms with Gasteiger partial charge in [-0.2, -0.15) is 0 Å². The Hall–Kier alpha value is -1.03. The maximum Gasteiger partial charge on any atom is 0.350 e. The van der Waals surface area contributed by atoms with Crippen molar-refractivity contribution in [3.63, 3.8) is 0 Å². The van der Waals surface area contributed by atoms with Gasteiger partial charge in [-0.15, -0.1) is 0 Å². The van der Waals surface area contributed by atoms with E-state index in [0.29, 0.717) is 5.75 Å². The largest absolute Gasteiger partial charge is 0.462 e. The SMILES string of the molecule is CC(C)OC(=O)[C@H](C)NCP(=O)(Cl)Oc1ccccc1. The molecule has 5 nitrogen and oxygen atoms in total. The summed E-state index contributed by atoms with van der Waals surface area (Å²) >= 11 is 5.84. The fourth-order valence-corrected chi connectivity index (χ4v) is 2.77. The Kier molecular flexibility index (Phi) is 6.53. The second kappa shape index (κ2) is 7.67. The number of nitrogens with one attached hydrogen (secondary N) is 1. The summed E-state index contributed by atoms with van der Waals surface area (Å²) in [5, 5.41) is 2.75. The first-order chi connectivity index (χ1) is 9.30. The van der Waals surface area contributed by atoms with Crippen LogP contribution in [0.25, 0.3) is 0 Å². The van der Waals surface area contributed by atoms with Gasteiger partial charge in [0, 0.05) is 0 Å². The molecule has 20 heavy (non-hydrogen) atoms. The molecule has 1 aromatic rings. The highest BCUT2D eigenvalue weighted by Gasteiger charge is 2.24. The van der Waals surface area contributed by atoms with Gasteiger partial charge in [0.1, 0.15) is 11.8 Å². The number of carbonyl (C=O) groups is 1. The smallest absolute Gasteiger partial charge is 0.350 e. The van der Waals surface area contributed by atoms with Crippen LogP contribution in [0.5, 0.6) is 5.75 Å². The van der Waals surface area contributed by atoms with Crippen molar-refractivity contribution >= 4 is 23.9 Å². The Morgan fingerprint density at radius 3 is 2.45 bits per heavy atom. The Morgan fingerprint density at radius 2 is 1.90 bits per heavy atom. The fraction of sp³-hybridized carbons (Fsp3) is 0.462. The number of hydrogen-bond donors (Lipinski definition) is 1. The van der Waals surface area contributed by atoms with Crippen molar-refractivity contribution in [1.29, 1.82) is 0 Å². The monoisotopic (exact) mass is 319 g/mol. The van der Waals surface area contributed by atoms with Crippen LogP contribution in [0.15, 0.2) is 30.3 Å². The van der Waals surface area contributed by atoms with Gasteiger partial charge in [0.15, 0.2) is 0 Å². The predicted molar refractivity (Wildman–Crippen MR) is 79.2 cm³/mol. The molecule has 112 valence electrons. The Bertz CT molecular complexity index is 481. The van der Waals surface area contributed by atoms with E-state index in [2.05, 4.69) is 5.32 Å². The molecular weight excluding hydrogens is 301 g/mol. The van der Waals surface area contributed by atoms with Crippen molar-refractivity contribution in [3.8, 4) is 5.75 Å². The van der Waals surface area contributed by atoms with Crippen LogP contribution >= 0.6 is 18.0 Å². The summed E-state index contributed by atoms with van der Waals surface area (Å²) in [5.74, 6) is 0.00132. The minimum atomic E-state index is -3.39. The molecule has 1 unspecified atom stereocenters. The maximum atomic E-state index is 12.1. The zero-order valence-corrected chi connectivity index (χ0v) is 13.4. The molecule has 0 aliphatic carbocycles. The number of hydrogen-bond acceptors (Lipinski definition) is 5. The minimum absolute atomic E-state index is 0.127. The molecule has 0 fully saturated rings. The van der Waals surface area contributed by atoms with Crippen LogP contribution in [0.2, 0.25) is 0 Å². The minimum Gasteiger partial charge on any atom is -0.462 e. The van der Waals surface area contributed by atoms with Gasteiger partial charge in [0.2, 0.25) is 0 Å². The van der Waals surface area contributed by atoms with E-state index in [9.17, 15) is 9.36 Å². The van der Waals surface area contributed by atoms with Gasteiger partial charge in [-0.1, -0.05) is 18.2 Å². The van der Waals surface area contributed by atoms with E-state index in [1.165, 1.54) is 0 Å². The van der Waals surface area contributed by atoms with Crippen molar-refractivity contribution in [3.05, 3.63) is 30.3 Å². The second-order valence-corrected chi connectivity index (χ2v) is 7.79. The third-order valence-electron chi connectivity index (χ3n) is 2.28. The third-order valence-corrected chi connectivity index (χ3v) is 3.89. The van der Waals surface area contributed by atoms with E-state index in [1.807, 2.05) is 6.07 Å². The Labute approximate surface area is 123 Å². The molecule has 0 aliphatic rings. The number of halogens is 1. The highest BCUT2D eigenvalue weighted by atomic mass is 35.7. The standard InChI is InChI=1S/C13H19ClNO4P/c1-10(2)18-13(16)11(3)15-9-20(14,17)19-12-7-5-4-6-8-12/h4-8,10-11,15H,9H2,1-3H3/t11-,20?/m0/s1. The Morgan fingerprint density at radius 1 is 1.30 bits per heavy atom. The molecule has 0 spiro atoms. The van der Waals surface area contributed by atoms with Gasteiger partial charge in [-0.25, -0.2) is 0 Å². The van der Waals surface area contributed by atoms with Crippen LogP contribution in [0.4, 0.5) is 0 Å². The van der Waals surface area contributed by atoms with Gasteiger partial charge in [0.05, 0.1) is 12.4 Å². The lowest BCUT2D eigenvalue weighted by Crippen LogP contribution is -2.37. The number of carbonyl (C=O) groups excluding carboxylic acids is 1. The van der Waals surface area contributed by atoms with E-state index in [1.54, 1.807) is 45.0 Å².